The Morgan fingerprint density at radius 3 is 2.78 bits per heavy atom. The van der Waals surface area contributed by atoms with Gasteiger partial charge in [0, 0.05) is 31.6 Å². The summed E-state index contributed by atoms with van der Waals surface area (Å²) in [6.45, 7) is 1.48. The van der Waals surface area contributed by atoms with Crippen LogP contribution in [0.25, 0.3) is 0 Å². The third-order valence-corrected chi connectivity index (χ3v) is 3.96. The lowest BCUT2D eigenvalue weighted by Crippen LogP contribution is -2.36. The van der Waals surface area contributed by atoms with Crippen LogP contribution in [0.15, 0.2) is 18.2 Å². The number of hydrogen-bond acceptors (Lipinski definition) is 2. The molecular weight excluding hydrogens is 236 g/mol. The number of β-amino-alcohol motifs (C(OH)–C–C–N with tert-alkyl or cyclic N) is 1. The summed E-state index contributed by atoms with van der Waals surface area (Å²) in [5.74, 6) is -1.14. The molecule has 1 saturated heterocycles. The van der Waals surface area contributed by atoms with Crippen molar-refractivity contribution in [3.05, 3.63) is 35.4 Å². The van der Waals surface area contributed by atoms with Gasteiger partial charge in [0.25, 0.3) is 0 Å². The Morgan fingerprint density at radius 1 is 1.33 bits per heavy atom. The van der Waals surface area contributed by atoms with Gasteiger partial charge in [-0.3, -0.25) is 4.90 Å². The van der Waals surface area contributed by atoms with E-state index in [1.807, 2.05) is 0 Å². The van der Waals surface area contributed by atoms with Gasteiger partial charge in [-0.25, -0.2) is 8.78 Å². The number of rotatable bonds is 3. The van der Waals surface area contributed by atoms with Crippen molar-refractivity contribution in [3.8, 4) is 0 Å². The Hall–Kier alpha value is -1.00. The van der Waals surface area contributed by atoms with Crippen LogP contribution in [-0.2, 0) is 6.42 Å². The number of halogens is 2. The summed E-state index contributed by atoms with van der Waals surface area (Å²) >= 11 is 0. The maximum absolute atomic E-state index is 13.6. The zero-order valence-corrected chi connectivity index (χ0v) is 10.2. The summed E-state index contributed by atoms with van der Waals surface area (Å²) in [5.41, 5.74) is -0.460. The summed E-state index contributed by atoms with van der Waals surface area (Å²) in [5, 5.41) is 10.5. The summed E-state index contributed by atoms with van der Waals surface area (Å²) in [6, 6.07) is 4.18. The Labute approximate surface area is 105 Å². The van der Waals surface area contributed by atoms with E-state index in [4.69, 9.17) is 0 Å². The highest BCUT2D eigenvalue weighted by atomic mass is 19.1. The van der Waals surface area contributed by atoms with Gasteiger partial charge in [0.2, 0.25) is 0 Å². The molecule has 1 aliphatic carbocycles. The van der Waals surface area contributed by atoms with E-state index >= 15 is 0 Å². The molecule has 98 valence electrons. The zero-order chi connectivity index (χ0) is 12.8. The average molecular weight is 253 g/mol. The van der Waals surface area contributed by atoms with E-state index < -0.39 is 17.2 Å². The van der Waals surface area contributed by atoms with E-state index in [9.17, 15) is 13.9 Å². The van der Waals surface area contributed by atoms with Crippen LogP contribution < -0.4 is 0 Å². The summed E-state index contributed by atoms with van der Waals surface area (Å²) in [7, 11) is 0. The lowest BCUT2D eigenvalue weighted by molar-refractivity contribution is 0.0478. The molecule has 0 spiro atoms. The summed E-state index contributed by atoms with van der Waals surface area (Å²) in [4.78, 5) is 2.28. The third-order valence-electron chi connectivity index (χ3n) is 3.96. The summed E-state index contributed by atoms with van der Waals surface area (Å²) < 4.78 is 26.4. The van der Waals surface area contributed by atoms with Crippen molar-refractivity contribution in [2.45, 2.75) is 37.3 Å². The number of benzene rings is 1. The maximum Gasteiger partial charge on any atom is 0.129 e. The lowest BCUT2D eigenvalue weighted by Gasteiger charge is -2.23. The van der Waals surface area contributed by atoms with Crippen LogP contribution in [0.3, 0.4) is 0 Å². The first-order chi connectivity index (χ1) is 8.56. The number of nitrogens with zero attached hydrogens (tertiary/aromatic N) is 1. The van der Waals surface area contributed by atoms with Crippen molar-refractivity contribution >= 4 is 0 Å². The molecule has 1 N–H and O–H groups in total. The van der Waals surface area contributed by atoms with Gasteiger partial charge < -0.3 is 5.11 Å². The standard InChI is InChI=1S/C14H17F2NO/c15-11-2-1-10(13(16)7-11)8-14(18)5-6-17(9-14)12-3-4-12/h1-2,7,12,18H,3-6,8-9H2. The second kappa shape index (κ2) is 4.28. The van der Waals surface area contributed by atoms with Gasteiger partial charge in [0.1, 0.15) is 11.6 Å². The van der Waals surface area contributed by atoms with E-state index in [1.165, 1.54) is 25.0 Å². The van der Waals surface area contributed by atoms with E-state index in [2.05, 4.69) is 4.90 Å². The van der Waals surface area contributed by atoms with Gasteiger partial charge in [-0.15, -0.1) is 0 Å². The summed E-state index contributed by atoms with van der Waals surface area (Å²) in [6.07, 6.45) is 3.35. The van der Waals surface area contributed by atoms with E-state index in [0.717, 1.165) is 12.6 Å². The van der Waals surface area contributed by atoms with Crippen molar-refractivity contribution in [1.29, 1.82) is 0 Å². The maximum atomic E-state index is 13.6. The van der Waals surface area contributed by atoms with Gasteiger partial charge in [-0.05, 0) is 30.9 Å². The minimum atomic E-state index is -0.860. The van der Waals surface area contributed by atoms with Crippen molar-refractivity contribution in [1.82, 2.24) is 4.90 Å². The third kappa shape index (κ3) is 2.40. The molecule has 4 heteroatoms. The molecule has 3 rings (SSSR count). The van der Waals surface area contributed by atoms with Crippen LogP contribution >= 0.6 is 0 Å². The predicted octanol–water partition coefficient (Wildman–Crippen LogP) is 2.11. The van der Waals surface area contributed by atoms with Crippen molar-refractivity contribution in [2.75, 3.05) is 13.1 Å². The largest absolute Gasteiger partial charge is 0.388 e. The van der Waals surface area contributed by atoms with Crippen LogP contribution in [0, 0.1) is 11.6 Å². The van der Waals surface area contributed by atoms with Crippen LogP contribution in [0.2, 0.25) is 0 Å². The van der Waals surface area contributed by atoms with E-state index in [0.29, 0.717) is 24.6 Å². The fourth-order valence-electron chi connectivity index (χ4n) is 2.80. The molecule has 0 radical (unpaired) electrons. The number of hydrogen-bond donors (Lipinski definition) is 1. The SMILES string of the molecule is OC1(Cc2ccc(F)cc2F)CCN(C2CC2)C1. The molecule has 1 saturated carbocycles. The lowest BCUT2D eigenvalue weighted by atomic mass is 9.93. The molecular formula is C14H17F2NO. The van der Waals surface area contributed by atoms with Crippen molar-refractivity contribution < 1.29 is 13.9 Å². The van der Waals surface area contributed by atoms with Gasteiger partial charge in [0.05, 0.1) is 5.60 Å². The average Bonchev–Trinajstić information content (AvgIpc) is 3.08. The highest BCUT2D eigenvalue weighted by Crippen LogP contribution is 2.35. The van der Waals surface area contributed by atoms with Gasteiger partial charge in [-0.1, -0.05) is 6.07 Å². The molecule has 1 aromatic carbocycles. The Kier molecular flexibility index (Phi) is 2.87. The Bertz CT molecular complexity index is 461. The molecule has 0 amide bonds. The van der Waals surface area contributed by atoms with Crippen LogP contribution in [0.1, 0.15) is 24.8 Å². The van der Waals surface area contributed by atoms with Crippen LogP contribution in [0.5, 0.6) is 0 Å². The van der Waals surface area contributed by atoms with Gasteiger partial charge in [-0.2, -0.15) is 0 Å². The zero-order valence-electron chi connectivity index (χ0n) is 10.2. The fourth-order valence-corrected chi connectivity index (χ4v) is 2.80. The van der Waals surface area contributed by atoms with Crippen LogP contribution in [-0.4, -0.2) is 34.7 Å². The molecule has 1 unspecified atom stereocenters. The smallest absolute Gasteiger partial charge is 0.129 e. The molecule has 1 aliphatic heterocycles. The Balaban J connectivity index is 1.71. The quantitative estimate of drug-likeness (QED) is 0.891. The van der Waals surface area contributed by atoms with Crippen molar-refractivity contribution in [3.63, 3.8) is 0 Å². The predicted molar refractivity (Wildman–Crippen MR) is 64.2 cm³/mol. The molecule has 1 heterocycles. The number of likely N-dealkylation sites (tertiary alicyclic amines) is 1. The monoisotopic (exact) mass is 253 g/mol. The molecule has 1 aromatic rings. The minimum Gasteiger partial charge on any atom is -0.388 e. The van der Waals surface area contributed by atoms with E-state index in [-0.39, 0.29) is 6.42 Å². The first kappa shape index (κ1) is 12.1. The van der Waals surface area contributed by atoms with Crippen molar-refractivity contribution in [2.24, 2.45) is 0 Å². The van der Waals surface area contributed by atoms with Crippen LogP contribution in [0.4, 0.5) is 8.78 Å². The first-order valence-electron chi connectivity index (χ1n) is 6.46. The molecule has 2 fully saturated rings. The second-order valence-electron chi connectivity index (χ2n) is 5.59. The van der Waals surface area contributed by atoms with Gasteiger partial charge >= 0.3 is 0 Å². The van der Waals surface area contributed by atoms with Gasteiger partial charge in [0.15, 0.2) is 0 Å². The number of aliphatic hydroxyl groups is 1. The highest BCUT2D eigenvalue weighted by Gasteiger charge is 2.42. The molecule has 0 aromatic heterocycles. The topological polar surface area (TPSA) is 23.5 Å². The molecule has 0 bridgehead atoms. The molecule has 18 heavy (non-hydrogen) atoms. The first-order valence-corrected chi connectivity index (χ1v) is 6.46. The fraction of sp³-hybridized carbons (Fsp3) is 0.571. The van der Waals surface area contributed by atoms with E-state index in [1.54, 1.807) is 0 Å². The molecule has 1 atom stereocenters. The minimum absolute atomic E-state index is 0.266. The highest BCUT2D eigenvalue weighted by molar-refractivity contribution is 5.21. The second-order valence-corrected chi connectivity index (χ2v) is 5.59. The molecule has 2 aliphatic rings. The normalized spacial score (nSPS) is 28.8. The molecule has 2 nitrogen and oxygen atoms in total. The Morgan fingerprint density at radius 2 is 2.11 bits per heavy atom.